The van der Waals surface area contributed by atoms with Gasteiger partial charge in [0.2, 0.25) is 0 Å². The molecular formula is C18H20N6O4. The van der Waals surface area contributed by atoms with Crippen LogP contribution in [0.25, 0.3) is 0 Å². The van der Waals surface area contributed by atoms with Gasteiger partial charge in [0.05, 0.1) is 38.7 Å². The molecule has 2 heterocycles. The topological polar surface area (TPSA) is 114 Å². The lowest BCUT2D eigenvalue weighted by molar-refractivity contribution is 0.0510. The van der Waals surface area contributed by atoms with Gasteiger partial charge in [0.25, 0.3) is 0 Å². The molecule has 0 aliphatic heterocycles. The summed E-state index contributed by atoms with van der Waals surface area (Å²) in [7, 11) is 0. The van der Waals surface area contributed by atoms with E-state index in [-0.39, 0.29) is 11.4 Å². The Labute approximate surface area is 161 Å². The predicted molar refractivity (Wildman–Crippen MR) is 96.6 cm³/mol. The van der Waals surface area contributed by atoms with E-state index in [1.165, 1.54) is 0 Å². The average Bonchev–Trinajstić information content (AvgIpc) is 3.34. The van der Waals surface area contributed by atoms with Crippen molar-refractivity contribution < 1.29 is 19.1 Å². The molecule has 0 bridgehead atoms. The molecule has 0 N–H and O–H groups in total. The van der Waals surface area contributed by atoms with Crippen LogP contribution in [-0.4, -0.2) is 55.1 Å². The van der Waals surface area contributed by atoms with Gasteiger partial charge in [-0.05, 0) is 25.0 Å². The van der Waals surface area contributed by atoms with Gasteiger partial charge in [0, 0.05) is 0 Å². The highest BCUT2D eigenvalue weighted by Crippen LogP contribution is 2.09. The van der Waals surface area contributed by atoms with Crippen molar-refractivity contribution in [3.63, 3.8) is 0 Å². The number of hydrogen-bond acceptors (Lipinski definition) is 8. The lowest BCUT2D eigenvalue weighted by Crippen LogP contribution is -2.05. The van der Waals surface area contributed by atoms with E-state index in [0.717, 1.165) is 11.1 Å². The van der Waals surface area contributed by atoms with E-state index < -0.39 is 11.9 Å². The molecular weight excluding hydrogens is 364 g/mol. The Kier molecular flexibility index (Phi) is 6.10. The Hall–Kier alpha value is -3.56. The van der Waals surface area contributed by atoms with Gasteiger partial charge >= 0.3 is 11.9 Å². The Bertz CT molecular complexity index is 870. The van der Waals surface area contributed by atoms with Gasteiger partial charge in [-0.25, -0.2) is 19.0 Å². The van der Waals surface area contributed by atoms with E-state index >= 15 is 0 Å². The number of hydrogen-bond donors (Lipinski definition) is 0. The number of rotatable bonds is 8. The second-order valence-corrected chi connectivity index (χ2v) is 5.86. The molecule has 3 aromatic rings. The molecule has 10 nitrogen and oxygen atoms in total. The first-order chi connectivity index (χ1) is 13.6. The normalized spacial score (nSPS) is 10.6. The van der Waals surface area contributed by atoms with E-state index in [0.29, 0.717) is 26.3 Å². The lowest BCUT2D eigenvalue weighted by atomic mass is 10.1. The fourth-order valence-electron chi connectivity index (χ4n) is 2.47. The maximum Gasteiger partial charge on any atom is 0.360 e. The summed E-state index contributed by atoms with van der Waals surface area (Å²) >= 11 is 0. The Balaban J connectivity index is 1.59. The fraction of sp³-hybridized carbons (Fsp3) is 0.333. The van der Waals surface area contributed by atoms with Crippen molar-refractivity contribution in [1.29, 1.82) is 0 Å². The minimum atomic E-state index is -0.487. The minimum Gasteiger partial charge on any atom is -0.461 e. The first-order valence-corrected chi connectivity index (χ1v) is 8.81. The van der Waals surface area contributed by atoms with Crippen molar-refractivity contribution in [2.75, 3.05) is 13.2 Å². The van der Waals surface area contributed by atoms with Crippen LogP contribution in [0.15, 0.2) is 36.7 Å². The zero-order chi connectivity index (χ0) is 19.9. The maximum atomic E-state index is 11.6. The van der Waals surface area contributed by atoms with Crippen molar-refractivity contribution in [3.05, 3.63) is 59.2 Å². The molecule has 10 heteroatoms. The summed E-state index contributed by atoms with van der Waals surface area (Å²) in [6, 6.07) is 7.79. The largest absolute Gasteiger partial charge is 0.461 e. The highest BCUT2D eigenvalue weighted by molar-refractivity contribution is 5.87. The molecule has 146 valence electrons. The van der Waals surface area contributed by atoms with Crippen molar-refractivity contribution in [2.45, 2.75) is 26.9 Å². The molecule has 2 aromatic heterocycles. The molecule has 0 saturated carbocycles. The van der Waals surface area contributed by atoms with Crippen LogP contribution in [0.2, 0.25) is 0 Å². The van der Waals surface area contributed by atoms with E-state index in [9.17, 15) is 9.59 Å². The molecule has 0 amide bonds. The molecule has 0 aliphatic carbocycles. The summed E-state index contributed by atoms with van der Waals surface area (Å²) in [6.45, 7) is 5.01. The standard InChI is InChI=1S/C18H20N6O4/c1-3-27-17(25)15-11-23(21-19-15)9-13-5-7-14(8-6-13)10-24-12-16(20-22-24)18(26)28-4-2/h5-8,11-12H,3-4,9-10H2,1-2H3. The Morgan fingerprint density at radius 1 is 0.786 bits per heavy atom. The van der Waals surface area contributed by atoms with Crippen LogP contribution in [0.1, 0.15) is 46.0 Å². The third-order valence-corrected chi connectivity index (χ3v) is 3.76. The minimum absolute atomic E-state index is 0.182. The van der Waals surface area contributed by atoms with E-state index in [1.807, 2.05) is 24.3 Å². The van der Waals surface area contributed by atoms with Crippen LogP contribution >= 0.6 is 0 Å². The van der Waals surface area contributed by atoms with E-state index in [1.54, 1.807) is 35.6 Å². The van der Waals surface area contributed by atoms with Crippen molar-refractivity contribution in [1.82, 2.24) is 30.0 Å². The molecule has 0 fully saturated rings. The van der Waals surface area contributed by atoms with Crippen LogP contribution in [0.4, 0.5) is 0 Å². The molecule has 0 saturated heterocycles. The van der Waals surface area contributed by atoms with Gasteiger partial charge in [0.1, 0.15) is 0 Å². The highest BCUT2D eigenvalue weighted by Gasteiger charge is 2.13. The van der Waals surface area contributed by atoms with Gasteiger partial charge in [-0.2, -0.15) is 0 Å². The monoisotopic (exact) mass is 384 g/mol. The van der Waals surface area contributed by atoms with Gasteiger partial charge in [0.15, 0.2) is 11.4 Å². The zero-order valence-corrected chi connectivity index (χ0v) is 15.6. The smallest absolute Gasteiger partial charge is 0.360 e. The molecule has 0 spiro atoms. The summed E-state index contributed by atoms with van der Waals surface area (Å²) in [6.07, 6.45) is 3.11. The quantitative estimate of drug-likeness (QED) is 0.534. The number of carbonyl (C=O) groups is 2. The molecule has 0 radical (unpaired) electrons. The summed E-state index contributed by atoms with van der Waals surface area (Å²) < 4.78 is 12.9. The number of esters is 2. The Morgan fingerprint density at radius 2 is 1.18 bits per heavy atom. The SMILES string of the molecule is CCOC(=O)c1cn(Cc2ccc(Cn3cc(C(=O)OCC)nn3)cc2)nn1. The predicted octanol–water partition coefficient (Wildman–Crippen LogP) is 1.32. The number of carbonyl (C=O) groups excluding carboxylic acids is 2. The molecule has 1 aromatic carbocycles. The third-order valence-electron chi connectivity index (χ3n) is 3.76. The second kappa shape index (κ2) is 8.89. The van der Waals surface area contributed by atoms with Crippen molar-refractivity contribution in [3.8, 4) is 0 Å². The van der Waals surface area contributed by atoms with Gasteiger partial charge in [-0.15, -0.1) is 10.2 Å². The van der Waals surface area contributed by atoms with Crippen LogP contribution in [0, 0.1) is 0 Å². The van der Waals surface area contributed by atoms with Crippen molar-refractivity contribution >= 4 is 11.9 Å². The van der Waals surface area contributed by atoms with Crippen LogP contribution in [0.3, 0.4) is 0 Å². The van der Waals surface area contributed by atoms with Crippen molar-refractivity contribution in [2.24, 2.45) is 0 Å². The number of aromatic nitrogens is 6. The first kappa shape index (κ1) is 19.2. The molecule has 0 atom stereocenters. The molecule has 28 heavy (non-hydrogen) atoms. The van der Waals surface area contributed by atoms with Gasteiger partial charge in [-0.1, -0.05) is 34.7 Å². The fourth-order valence-corrected chi connectivity index (χ4v) is 2.47. The lowest BCUT2D eigenvalue weighted by Gasteiger charge is -2.04. The molecule has 0 unspecified atom stereocenters. The highest BCUT2D eigenvalue weighted by atomic mass is 16.5. The number of nitrogens with zero attached hydrogens (tertiary/aromatic N) is 6. The van der Waals surface area contributed by atoms with E-state index in [2.05, 4.69) is 20.6 Å². The number of ether oxygens (including phenoxy) is 2. The summed E-state index contributed by atoms with van der Waals surface area (Å²) in [5, 5.41) is 15.5. The molecule has 0 aliphatic rings. The van der Waals surface area contributed by atoms with Crippen LogP contribution in [-0.2, 0) is 22.6 Å². The van der Waals surface area contributed by atoms with E-state index in [4.69, 9.17) is 9.47 Å². The summed E-state index contributed by atoms with van der Waals surface area (Å²) in [5.74, 6) is -0.974. The first-order valence-electron chi connectivity index (χ1n) is 8.81. The van der Waals surface area contributed by atoms with Crippen LogP contribution in [0.5, 0.6) is 0 Å². The van der Waals surface area contributed by atoms with Gasteiger partial charge in [-0.3, -0.25) is 0 Å². The summed E-state index contributed by atoms with van der Waals surface area (Å²) in [5.41, 5.74) is 2.36. The summed E-state index contributed by atoms with van der Waals surface area (Å²) in [4.78, 5) is 23.3. The third kappa shape index (κ3) is 4.78. The number of benzene rings is 1. The Morgan fingerprint density at radius 3 is 1.54 bits per heavy atom. The average molecular weight is 384 g/mol. The van der Waals surface area contributed by atoms with Gasteiger partial charge < -0.3 is 9.47 Å². The zero-order valence-electron chi connectivity index (χ0n) is 15.6. The second-order valence-electron chi connectivity index (χ2n) is 5.86. The maximum absolute atomic E-state index is 11.6. The molecule has 3 rings (SSSR count). The van der Waals surface area contributed by atoms with Crippen LogP contribution < -0.4 is 0 Å².